The normalized spacial score (nSPS) is 8.83. The standard InChI is InChI=1S/C5H5N.Cl.Cr.4O/c1-2-4-6-5-3-1;;;;;;/h1-5H;;;;;;/q;+1;;;;2*-1/p+1. The van der Waals surface area contributed by atoms with Crippen LogP contribution < -0.4 is 13.3 Å². The summed E-state index contributed by atoms with van der Waals surface area (Å²) in [6.45, 7) is 0. The van der Waals surface area contributed by atoms with Crippen molar-refractivity contribution in [2.75, 3.05) is 0 Å². The van der Waals surface area contributed by atoms with Gasteiger partial charge in [0, 0.05) is 12.1 Å². The fourth-order valence-corrected chi connectivity index (χ4v) is 0.342. The average Bonchev–Trinajstić information content (AvgIpc) is 1.88. The van der Waals surface area contributed by atoms with Crippen LogP contribution in [-0.4, -0.2) is 0 Å². The zero-order chi connectivity index (χ0) is 8.74. The third-order valence-corrected chi connectivity index (χ3v) is 0.607. The van der Waals surface area contributed by atoms with Crippen LogP contribution >= 0.6 is 0 Å². The Morgan fingerprint density at radius 2 is 1.33 bits per heavy atom. The van der Waals surface area contributed by atoms with Crippen LogP contribution in [0.3, 0.4) is 0 Å². The molecule has 0 aliphatic heterocycles. The Kier molecular flexibility index (Phi) is 8.38. The molecule has 68 valence electrons. The van der Waals surface area contributed by atoms with Gasteiger partial charge in [0.1, 0.15) is 0 Å². The van der Waals surface area contributed by atoms with Crippen molar-refractivity contribution in [1.29, 1.82) is 0 Å². The summed E-state index contributed by atoms with van der Waals surface area (Å²) in [7, 11) is 0. The van der Waals surface area contributed by atoms with E-state index in [4.69, 9.17) is 15.9 Å². The summed E-state index contributed by atoms with van der Waals surface area (Å²) >= 11 is -5.75. The van der Waals surface area contributed by atoms with Crippen LogP contribution in [0.2, 0.25) is 0 Å². The fourth-order valence-electron chi connectivity index (χ4n) is 0.342. The van der Waals surface area contributed by atoms with Crippen molar-refractivity contribution in [3.05, 3.63) is 30.6 Å². The molecule has 2 radical (unpaired) electrons. The number of halogens is 1. The molecule has 0 spiro atoms. The van der Waals surface area contributed by atoms with Crippen LogP contribution in [0.15, 0.2) is 30.6 Å². The molecule has 0 bridgehead atoms. The minimum absolute atomic E-state index is 0. The molecule has 1 aromatic heterocycles. The van der Waals surface area contributed by atoms with Crippen LogP contribution in [0.4, 0.5) is 0 Å². The Hall–Kier alpha value is -0.508. The molecule has 0 amide bonds. The summed E-state index contributed by atoms with van der Waals surface area (Å²) < 4.78 is 34.4. The van der Waals surface area contributed by atoms with Crippen LogP contribution in [0.1, 0.15) is 0 Å². The first-order valence-electron chi connectivity index (χ1n) is 2.58. The maximum absolute atomic E-state index is 8.59. The molecule has 1 aromatic rings. The average molecular weight is 232 g/mol. The van der Waals surface area contributed by atoms with Crippen LogP contribution in [0, 0.1) is 12.4 Å². The van der Waals surface area contributed by atoms with Gasteiger partial charge in [0.2, 0.25) is 0 Å². The summed E-state index contributed by atoms with van der Waals surface area (Å²) in [5.74, 6) is 0. The van der Waals surface area contributed by atoms with Crippen LogP contribution in [0.5, 0.6) is 0 Å². The number of hydrogen-bond donors (Lipinski definition) is 0. The fraction of sp³-hybridized carbons (Fsp3) is 0. The molecule has 1 heterocycles. The largest absolute Gasteiger partial charge is 0.218 e. The van der Waals surface area contributed by atoms with Crippen molar-refractivity contribution in [2.24, 2.45) is 0 Å². The number of nitrogens with one attached hydrogen (secondary N) is 1. The second-order valence-electron chi connectivity index (χ2n) is 1.49. The molecule has 1 rings (SSSR count). The predicted octanol–water partition coefficient (Wildman–Crippen LogP) is -2.12. The van der Waals surface area contributed by atoms with Gasteiger partial charge in [-0.25, -0.2) is 4.98 Å². The molecule has 0 fully saturated rings. The molecule has 7 heteroatoms. The summed E-state index contributed by atoms with van der Waals surface area (Å²) in [6, 6.07) is 5.86. The van der Waals surface area contributed by atoms with Crippen molar-refractivity contribution in [2.45, 2.75) is 0 Å². The van der Waals surface area contributed by atoms with E-state index in [-0.39, 0.29) is 12.4 Å². The molecule has 0 aliphatic carbocycles. The maximum atomic E-state index is 8.59. The van der Waals surface area contributed by atoms with Gasteiger partial charge in [-0.15, -0.1) is 0 Å². The number of H-pyrrole nitrogens is 1. The minimum atomic E-state index is -5.75. The van der Waals surface area contributed by atoms with Gasteiger partial charge in [0.15, 0.2) is 12.4 Å². The van der Waals surface area contributed by atoms with Crippen LogP contribution in [-0.2, 0) is 21.2 Å². The van der Waals surface area contributed by atoms with Crippen molar-refractivity contribution in [1.82, 2.24) is 0 Å². The van der Waals surface area contributed by atoms with Crippen LogP contribution in [0.25, 0.3) is 0 Å². The SMILES string of the molecule is [Cl+].[O]=[Cr](=[O])([O-])[O-].c1cc[nH+]cc1. The Labute approximate surface area is 77.9 Å². The third-order valence-electron chi connectivity index (χ3n) is 0.607. The molecular formula is C5H6ClCrNO4. The van der Waals surface area contributed by atoms with Crippen molar-refractivity contribution in [3.63, 3.8) is 0 Å². The van der Waals surface area contributed by atoms with Gasteiger partial charge in [-0.2, -0.15) is 0 Å². The maximum Gasteiger partial charge on any atom is 0.166 e. The number of pyridine rings is 1. The Morgan fingerprint density at radius 1 is 1.00 bits per heavy atom. The van der Waals surface area contributed by atoms with E-state index in [1.807, 2.05) is 30.6 Å². The van der Waals surface area contributed by atoms with Crippen molar-refractivity contribution < 1.29 is 46.9 Å². The number of aromatic nitrogens is 1. The summed E-state index contributed by atoms with van der Waals surface area (Å²) in [5.41, 5.74) is 0. The molecule has 0 aliphatic rings. The second-order valence-corrected chi connectivity index (χ2v) is 2.76. The van der Waals surface area contributed by atoms with E-state index >= 15 is 0 Å². The zero-order valence-corrected chi connectivity index (χ0v) is 7.84. The predicted molar refractivity (Wildman–Crippen MR) is 24.4 cm³/mol. The Balaban J connectivity index is 0. The molecule has 0 saturated heterocycles. The molecule has 0 saturated carbocycles. The second kappa shape index (κ2) is 7.16. The molecule has 0 unspecified atom stereocenters. The van der Waals surface area contributed by atoms with Gasteiger partial charge in [-0.3, -0.25) is 0 Å². The topological polar surface area (TPSA) is 94.4 Å². The summed E-state index contributed by atoms with van der Waals surface area (Å²) in [6.07, 6.45) is 3.75. The zero-order valence-electron chi connectivity index (χ0n) is 5.81. The quantitative estimate of drug-likeness (QED) is 0.510. The van der Waals surface area contributed by atoms with Crippen molar-refractivity contribution in [3.8, 4) is 0 Å². The van der Waals surface area contributed by atoms with Gasteiger partial charge in [0.05, 0.1) is 0 Å². The molecule has 12 heavy (non-hydrogen) atoms. The van der Waals surface area contributed by atoms with Gasteiger partial charge in [-0.1, -0.05) is 6.07 Å². The molecule has 0 aromatic carbocycles. The Bertz CT molecular complexity index is 240. The van der Waals surface area contributed by atoms with Gasteiger partial charge >= 0.3 is 41.9 Å². The van der Waals surface area contributed by atoms with Gasteiger partial charge in [-0.05, 0) is 0 Å². The van der Waals surface area contributed by atoms with E-state index in [0.717, 1.165) is 0 Å². The van der Waals surface area contributed by atoms with E-state index in [0.29, 0.717) is 0 Å². The number of aromatic amines is 1. The monoisotopic (exact) mass is 231 g/mol. The van der Waals surface area contributed by atoms with E-state index in [2.05, 4.69) is 4.98 Å². The third kappa shape index (κ3) is 22.7. The minimum Gasteiger partial charge on any atom is -0.218 e. The Morgan fingerprint density at radius 3 is 1.42 bits per heavy atom. The first-order chi connectivity index (χ1) is 5.00. The number of rotatable bonds is 0. The van der Waals surface area contributed by atoms with E-state index in [1.54, 1.807) is 0 Å². The van der Waals surface area contributed by atoms with Gasteiger partial charge < -0.3 is 0 Å². The first-order valence-corrected chi connectivity index (χ1v) is 4.66. The summed E-state index contributed by atoms with van der Waals surface area (Å²) in [5, 5.41) is 0. The molecule has 5 nitrogen and oxygen atoms in total. The van der Waals surface area contributed by atoms with Crippen molar-refractivity contribution >= 4 is 0 Å². The molecule has 1 N–H and O–H groups in total. The smallest absolute Gasteiger partial charge is 0.166 e. The van der Waals surface area contributed by atoms with Gasteiger partial charge in [0.25, 0.3) is 0 Å². The molecular weight excluding hydrogens is 226 g/mol. The van der Waals surface area contributed by atoms with E-state index in [9.17, 15) is 0 Å². The first kappa shape index (κ1) is 14.0. The van der Waals surface area contributed by atoms with E-state index in [1.165, 1.54) is 0 Å². The van der Waals surface area contributed by atoms with E-state index < -0.39 is 13.6 Å². The number of hydrogen-bond acceptors (Lipinski definition) is 4. The summed E-state index contributed by atoms with van der Waals surface area (Å²) in [4.78, 5) is 2.89. The molecule has 0 atom stereocenters.